The lowest BCUT2D eigenvalue weighted by Crippen LogP contribution is -2.12. The summed E-state index contributed by atoms with van der Waals surface area (Å²) in [6.07, 6.45) is 2.04. The molecule has 2 N–H and O–H groups in total. The van der Waals surface area contributed by atoms with E-state index in [0.717, 1.165) is 5.56 Å². The summed E-state index contributed by atoms with van der Waals surface area (Å²) in [6, 6.07) is 11.2. The number of nitrogens with one attached hydrogen (secondary N) is 1. The minimum Gasteiger partial charge on any atom is -0.478 e. The van der Waals surface area contributed by atoms with Crippen molar-refractivity contribution in [2.24, 2.45) is 0 Å². The standard InChI is InChI=1S/C18H16FN3O2/c1-2-15(11-5-3-6-12(19)9-11)22-17-13-7-4-8-14(18(23)24)16(13)20-10-21-17/h3-10,15H,2H2,1H3,(H,23,24)(H,20,21,22). The number of aromatic carboxylic acids is 1. The maximum Gasteiger partial charge on any atom is 0.337 e. The van der Waals surface area contributed by atoms with Crippen molar-refractivity contribution >= 4 is 22.7 Å². The number of aromatic nitrogens is 2. The van der Waals surface area contributed by atoms with Gasteiger partial charge in [0.05, 0.1) is 17.1 Å². The smallest absolute Gasteiger partial charge is 0.337 e. The van der Waals surface area contributed by atoms with Gasteiger partial charge in [-0.1, -0.05) is 25.1 Å². The van der Waals surface area contributed by atoms with Crippen molar-refractivity contribution in [3.05, 3.63) is 65.7 Å². The van der Waals surface area contributed by atoms with Crippen molar-refractivity contribution in [1.82, 2.24) is 9.97 Å². The summed E-state index contributed by atoms with van der Waals surface area (Å²) < 4.78 is 13.5. The molecule has 0 spiro atoms. The number of carbonyl (C=O) groups is 1. The third-order valence-electron chi connectivity index (χ3n) is 3.87. The SMILES string of the molecule is CCC(Nc1ncnc2c(C(=O)O)cccc12)c1cccc(F)c1. The van der Waals surface area contributed by atoms with Gasteiger partial charge in [0.1, 0.15) is 18.0 Å². The summed E-state index contributed by atoms with van der Waals surface area (Å²) >= 11 is 0. The molecule has 3 aromatic rings. The number of halogens is 1. The number of rotatable bonds is 5. The highest BCUT2D eigenvalue weighted by atomic mass is 19.1. The minimum absolute atomic E-state index is 0.122. The number of carboxylic acids is 1. The van der Waals surface area contributed by atoms with E-state index in [1.807, 2.05) is 13.0 Å². The molecule has 6 heteroatoms. The summed E-state index contributed by atoms with van der Waals surface area (Å²) in [6.45, 7) is 1.98. The van der Waals surface area contributed by atoms with Crippen LogP contribution in [0.5, 0.6) is 0 Å². The highest BCUT2D eigenvalue weighted by Gasteiger charge is 2.15. The monoisotopic (exact) mass is 325 g/mol. The normalized spacial score (nSPS) is 12.1. The lowest BCUT2D eigenvalue weighted by Gasteiger charge is -2.19. The van der Waals surface area contributed by atoms with Gasteiger partial charge in [-0.25, -0.2) is 19.2 Å². The zero-order valence-electron chi connectivity index (χ0n) is 13.0. The molecule has 0 fully saturated rings. The van der Waals surface area contributed by atoms with E-state index in [1.54, 1.807) is 18.2 Å². The molecule has 3 rings (SSSR count). The molecule has 1 heterocycles. The fourth-order valence-electron chi connectivity index (χ4n) is 2.68. The molecule has 0 aliphatic carbocycles. The van der Waals surface area contributed by atoms with Gasteiger partial charge in [-0.05, 0) is 36.2 Å². The van der Waals surface area contributed by atoms with E-state index in [2.05, 4.69) is 15.3 Å². The summed E-state index contributed by atoms with van der Waals surface area (Å²) in [5.74, 6) is -0.810. The molecular weight excluding hydrogens is 309 g/mol. The number of fused-ring (bicyclic) bond motifs is 1. The van der Waals surface area contributed by atoms with Crippen molar-refractivity contribution in [2.45, 2.75) is 19.4 Å². The number of carboxylic acid groups (broad SMARTS) is 1. The highest BCUT2D eigenvalue weighted by Crippen LogP contribution is 2.27. The molecule has 122 valence electrons. The molecular formula is C18H16FN3O2. The van der Waals surface area contributed by atoms with Gasteiger partial charge >= 0.3 is 5.97 Å². The first kappa shape index (κ1) is 15.9. The van der Waals surface area contributed by atoms with Gasteiger partial charge in [-0.15, -0.1) is 0 Å². The summed E-state index contributed by atoms with van der Waals surface area (Å²) in [4.78, 5) is 19.7. The summed E-state index contributed by atoms with van der Waals surface area (Å²) in [5.41, 5.74) is 1.30. The quantitative estimate of drug-likeness (QED) is 0.741. The third kappa shape index (κ3) is 3.03. The number of benzene rings is 2. The molecule has 2 aromatic carbocycles. The van der Waals surface area contributed by atoms with Crippen LogP contribution in [-0.2, 0) is 0 Å². The lowest BCUT2D eigenvalue weighted by atomic mass is 10.0. The summed E-state index contributed by atoms with van der Waals surface area (Å²) in [5, 5.41) is 13.2. The van der Waals surface area contributed by atoms with Crippen LogP contribution >= 0.6 is 0 Å². The lowest BCUT2D eigenvalue weighted by molar-refractivity contribution is 0.0699. The Labute approximate surface area is 138 Å². The molecule has 24 heavy (non-hydrogen) atoms. The maximum absolute atomic E-state index is 13.5. The molecule has 1 aromatic heterocycles. The summed E-state index contributed by atoms with van der Waals surface area (Å²) in [7, 11) is 0. The predicted molar refractivity (Wildman–Crippen MR) is 89.6 cm³/mol. The fourth-order valence-corrected chi connectivity index (χ4v) is 2.68. The molecule has 0 saturated carbocycles. The second kappa shape index (κ2) is 6.62. The van der Waals surface area contributed by atoms with Crippen molar-refractivity contribution < 1.29 is 14.3 Å². The van der Waals surface area contributed by atoms with Gasteiger partial charge in [-0.2, -0.15) is 0 Å². The Hall–Kier alpha value is -3.02. The van der Waals surface area contributed by atoms with Gasteiger partial charge in [0.25, 0.3) is 0 Å². The van der Waals surface area contributed by atoms with Crippen molar-refractivity contribution in [3.63, 3.8) is 0 Å². The Morgan fingerprint density at radius 3 is 2.75 bits per heavy atom. The van der Waals surface area contributed by atoms with Gasteiger partial charge < -0.3 is 10.4 Å². The van der Waals surface area contributed by atoms with Crippen LogP contribution in [0, 0.1) is 5.82 Å². The second-order valence-electron chi connectivity index (χ2n) is 5.39. The van der Waals surface area contributed by atoms with E-state index in [1.165, 1.54) is 24.5 Å². The number of hydrogen-bond donors (Lipinski definition) is 2. The van der Waals surface area contributed by atoms with Gasteiger partial charge in [0.15, 0.2) is 0 Å². The predicted octanol–water partition coefficient (Wildman–Crippen LogP) is 4.03. The number of para-hydroxylation sites is 1. The van der Waals surface area contributed by atoms with E-state index in [-0.39, 0.29) is 17.4 Å². The molecule has 1 unspecified atom stereocenters. The van der Waals surface area contributed by atoms with Crippen LogP contribution in [0.2, 0.25) is 0 Å². The van der Waals surface area contributed by atoms with Crippen molar-refractivity contribution in [2.75, 3.05) is 5.32 Å². The van der Waals surface area contributed by atoms with Crippen LogP contribution < -0.4 is 5.32 Å². The number of hydrogen-bond acceptors (Lipinski definition) is 4. The van der Waals surface area contributed by atoms with Crippen molar-refractivity contribution in [1.29, 1.82) is 0 Å². The third-order valence-corrected chi connectivity index (χ3v) is 3.87. The molecule has 0 bridgehead atoms. The Morgan fingerprint density at radius 1 is 1.25 bits per heavy atom. The van der Waals surface area contributed by atoms with E-state index >= 15 is 0 Å². The molecule has 0 amide bonds. The zero-order valence-corrected chi connectivity index (χ0v) is 13.0. The average Bonchev–Trinajstić information content (AvgIpc) is 2.59. The van der Waals surface area contributed by atoms with Gasteiger partial charge in [0, 0.05) is 5.39 Å². The van der Waals surface area contributed by atoms with Crippen LogP contribution in [-0.4, -0.2) is 21.0 Å². The Morgan fingerprint density at radius 2 is 2.04 bits per heavy atom. The largest absolute Gasteiger partial charge is 0.478 e. The first-order chi connectivity index (χ1) is 11.6. The fraction of sp³-hybridized carbons (Fsp3) is 0.167. The highest BCUT2D eigenvalue weighted by molar-refractivity contribution is 6.04. The van der Waals surface area contributed by atoms with E-state index in [4.69, 9.17) is 0 Å². The number of nitrogens with zero attached hydrogens (tertiary/aromatic N) is 2. The van der Waals surface area contributed by atoms with Crippen LogP contribution in [0.3, 0.4) is 0 Å². The van der Waals surface area contributed by atoms with Gasteiger partial charge in [-0.3, -0.25) is 0 Å². The van der Waals surface area contributed by atoms with Crippen LogP contribution in [0.25, 0.3) is 10.9 Å². The average molecular weight is 325 g/mol. The zero-order chi connectivity index (χ0) is 17.1. The van der Waals surface area contributed by atoms with E-state index in [0.29, 0.717) is 23.1 Å². The minimum atomic E-state index is -1.04. The van der Waals surface area contributed by atoms with Crippen LogP contribution in [0.4, 0.5) is 10.2 Å². The Balaban J connectivity index is 2.03. The van der Waals surface area contributed by atoms with E-state index in [9.17, 15) is 14.3 Å². The molecule has 0 saturated heterocycles. The molecule has 0 aliphatic heterocycles. The molecule has 1 atom stereocenters. The topological polar surface area (TPSA) is 75.1 Å². The first-order valence-corrected chi connectivity index (χ1v) is 7.59. The molecule has 0 radical (unpaired) electrons. The Kier molecular flexibility index (Phi) is 4.37. The first-order valence-electron chi connectivity index (χ1n) is 7.59. The van der Waals surface area contributed by atoms with Gasteiger partial charge in [0.2, 0.25) is 0 Å². The molecule has 5 nitrogen and oxygen atoms in total. The van der Waals surface area contributed by atoms with E-state index < -0.39 is 5.97 Å². The maximum atomic E-state index is 13.5. The number of anilines is 1. The second-order valence-corrected chi connectivity index (χ2v) is 5.39. The molecule has 0 aliphatic rings. The van der Waals surface area contributed by atoms with Crippen LogP contribution in [0.15, 0.2) is 48.8 Å². The van der Waals surface area contributed by atoms with Crippen LogP contribution in [0.1, 0.15) is 35.3 Å². The Bertz CT molecular complexity index is 898. The van der Waals surface area contributed by atoms with Crippen molar-refractivity contribution in [3.8, 4) is 0 Å².